The summed E-state index contributed by atoms with van der Waals surface area (Å²) in [6.07, 6.45) is 4.02. The number of benzene rings is 1. The van der Waals surface area contributed by atoms with Gasteiger partial charge < -0.3 is 26.6 Å². The van der Waals surface area contributed by atoms with Gasteiger partial charge in [-0.2, -0.15) is 5.10 Å². The Kier molecular flexibility index (Phi) is 5.76. The molecule has 152 valence electrons. The van der Waals surface area contributed by atoms with Gasteiger partial charge in [0.25, 0.3) is 0 Å². The van der Waals surface area contributed by atoms with Crippen LogP contribution < -0.4 is 26.6 Å². The van der Waals surface area contributed by atoms with Crippen LogP contribution in [0.3, 0.4) is 0 Å². The summed E-state index contributed by atoms with van der Waals surface area (Å²) in [5, 5.41) is 24.3. The van der Waals surface area contributed by atoms with Crippen molar-refractivity contribution < 1.29 is 4.79 Å². The summed E-state index contributed by atoms with van der Waals surface area (Å²) in [6, 6.07) is 9.63. The Balaban J connectivity index is 1.51. The fourth-order valence-corrected chi connectivity index (χ4v) is 3.46. The van der Waals surface area contributed by atoms with E-state index in [9.17, 15) is 4.79 Å². The average molecular weight is 394 g/mol. The fraction of sp³-hybridized carbons (Fsp3) is 0.350. The van der Waals surface area contributed by atoms with Gasteiger partial charge in [-0.1, -0.05) is 0 Å². The van der Waals surface area contributed by atoms with E-state index in [0.717, 1.165) is 59.8 Å². The Labute approximate surface area is 169 Å². The molecule has 29 heavy (non-hydrogen) atoms. The van der Waals surface area contributed by atoms with E-state index in [4.69, 9.17) is 0 Å². The lowest BCUT2D eigenvalue weighted by atomic mass is 10.1. The molecule has 9 heteroatoms. The number of amides is 2. The zero-order valence-electron chi connectivity index (χ0n) is 16.4. The first-order valence-corrected chi connectivity index (χ1v) is 9.95. The number of anilines is 4. The monoisotopic (exact) mass is 394 g/mol. The van der Waals surface area contributed by atoms with Crippen molar-refractivity contribution in [2.45, 2.75) is 25.8 Å². The molecule has 0 bridgehead atoms. The van der Waals surface area contributed by atoms with Crippen LogP contribution in [0, 0.1) is 0 Å². The Hall–Kier alpha value is -3.33. The smallest absolute Gasteiger partial charge is 0.319 e. The van der Waals surface area contributed by atoms with Crippen LogP contribution in [-0.4, -0.2) is 46.9 Å². The molecule has 0 aliphatic carbocycles. The van der Waals surface area contributed by atoms with Crippen molar-refractivity contribution in [3.63, 3.8) is 0 Å². The number of nitrogens with zero attached hydrogens (tertiary/aromatic N) is 2. The number of nitrogens with one attached hydrogen (secondary N) is 6. The molecule has 0 unspecified atom stereocenters. The summed E-state index contributed by atoms with van der Waals surface area (Å²) in [4.78, 5) is 16.0. The van der Waals surface area contributed by atoms with E-state index in [2.05, 4.69) is 41.8 Å². The van der Waals surface area contributed by atoms with E-state index in [1.54, 1.807) is 6.20 Å². The highest BCUT2D eigenvalue weighted by atomic mass is 16.2. The Bertz CT molecular complexity index is 962. The molecule has 3 heterocycles. The number of rotatable bonds is 6. The largest absolute Gasteiger partial charge is 0.364 e. The lowest BCUT2D eigenvalue weighted by molar-refractivity contribution is 0.252. The van der Waals surface area contributed by atoms with Crippen molar-refractivity contribution in [3.8, 4) is 0 Å². The van der Waals surface area contributed by atoms with Crippen LogP contribution in [-0.2, 0) is 0 Å². The fourth-order valence-electron chi connectivity index (χ4n) is 3.46. The first-order chi connectivity index (χ1) is 14.2. The normalized spacial score (nSPS) is 16.4. The molecule has 2 amide bonds. The number of piperidine rings is 1. The molecular weight excluding hydrogens is 368 g/mol. The number of hydrogen-bond acceptors (Lipinski definition) is 6. The third-order valence-corrected chi connectivity index (χ3v) is 4.86. The number of carbonyl (C=O) groups excluding carboxylic acids is 1. The van der Waals surface area contributed by atoms with Gasteiger partial charge in [-0.3, -0.25) is 5.10 Å². The molecule has 1 fully saturated rings. The van der Waals surface area contributed by atoms with Gasteiger partial charge in [0.1, 0.15) is 0 Å². The maximum atomic E-state index is 11.6. The topological polar surface area (TPSA) is 119 Å². The second kappa shape index (κ2) is 8.78. The molecular formula is C20H26N8O. The summed E-state index contributed by atoms with van der Waals surface area (Å²) >= 11 is 0. The average Bonchev–Trinajstić information content (AvgIpc) is 3.14. The van der Waals surface area contributed by atoms with Crippen LogP contribution in [0.15, 0.2) is 36.5 Å². The molecule has 0 radical (unpaired) electrons. The minimum absolute atomic E-state index is 0.213. The molecule has 1 aliphatic heterocycles. The van der Waals surface area contributed by atoms with Gasteiger partial charge in [-0.05, 0) is 56.6 Å². The second-order valence-corrected chi connectivity index (χ2v) is 7.03. The Morgan fingerprint density at radius 2 is 2.03 bits per heavy atom. The van der Waals surface area contributed by atoms with E-state index in [-0.39, 0.29) is 6.03 Å². The molecule has 4 rings (SSSR count). The Morgan fingerprint density at radius 3 is 2.79 bits per heavy atom. The number of aromatic amines is 1. The zero-order valence-corrected chi connectivity index (χ0v) is 16.4. The molecule has 0 spiro atoms. The van der Waals surface area contributed by atoms with Gasteiger partial charge in [0.15, 0.2) is 11.5 Å². The number of carbonyl (C=O) groups is 1. The lowest BCUT2D eigenvalue weighted by Gasteiger charge is -2.24. The van der Waals surface area contributed by atoms with Crippen LogP contribution in [0.5, 0.6) is 0 Å². The number of hydrogen-bond donors (Lipinski definition) is 6. The Morgan fingerprint density at radius 1 is 1.21 bits per heavy atom. The van der Waals surface area contributed by atoms with Crippen LogP contribution in [0.4, 0.5) is 27.7 Å². The van der Waals surface area contributed by atoms with Gasteiger partial charge >= 0.3 is 6.03 Å². The number of urea groups is 1. The predicted octanol–water partition coefficient (Wildman–Crippen LogP) is 3.01. The van der Waals surface area contributed by atoms with E-state index in [1.807, 2.05) is 37.3 Å². The number of aromatic nitrogens is 3. The summed E-state index contributed by atoms with van der Waals surface area (Å²) in [5.41, 5.74) is 3.29. The molecule has 1 saturated heterocycles. The van der Waals surface area contributed by atoms with Gasteiger partial charge in [0.2, 0.25) is 0 Å². The van der Waals surface area contributed by atoms with Crippen molar-refractivity contribution in [2.75, 3.05) is 35.6 Å². The molecule has 0 saturated carbocycles. The molecule has 1 aliphatic rings. The molecule has 3 aromatic rings. The van der Waals surface area contributed by atoms with Crippen LogP contribution in [0.1, 0.15) is 19.8 Å². The van der Waals surface area contributed by atoms with Crippen molar-refractivity contribution in [1.82, 2.24) is 25.8 Å². The SMILES string of the molecule is CCNC(=O)Nc1ccc(Nc2ccnc3[nH]nc(N[C@@H]4CCCNC4)c23)cc1. The van der Waals surface area contributed by atoms with Gasteiger partial charge in [-0.25, -0.2) is 9.78 Å². The van der Waals surface area contributed by atoms with E-state index >= 15 is 0 Å². The van der Waals surface area contributed by atoms with Crippen molar-refractivity contribution in [2.24, 2.45) is 0 Å². The maximum absolute atomic E-state index is 11.6. The lowest BCUT2D eigenvalue weighted by Crippen LogP contribution is -2.38. The van der Waals surface area contributed by atoms with Crippen LogP contribution in [0.2, 0.25) is 0 Å². The van der Waals surface area contributed by atoms with Crippen molar-refractivity contribution in [1.29, 1.82) is 0 Å². The summed E-state index contributed by atoms with van der Waals surface area (Å²) in [6.45, 7) is 4.46. The summed E-state index contributed by atoms with van der Waals surface area (Å²) < 4.78 is 0. The minimum Gasteiger partial charge on any atom is -0.364 e. The standard InChI is InChI=1S/C20H26N8O/c1-2-22-20(29)26-14-7-5-13(6-8-14)24-16-9-11-23-18-17(16)19(28-27-18)25-15-4-3-10-21-12-15/h5-9,11,15,21H,2-4,10,12H2,1H3,(H2,22,26,29)(H3,23,24,25,27,28)/t15-/m1/s1. The molecule has 1 aromatic carbocycles. The first kappa shape index (κ1) is 19.0. The zero-order chi connectivity index (χ0) is 20.1. The van der Waals surface area contributed by atoms with E-state index in [1.165, 1.54) is 0 Å². The summed E-state index contributed by atoms with van der Waals surface area (Å²) in [7, 11) is 0. The highest BCUT2D eigenvalue weighted by Gasteiger charge is 2.17. The third-order valence-electron chi connectivity index (χ3n) is 4.86. The van der Waals surface area contributed by atoms with Gasteiger partial charge in [0.05, 0.1) is 11.1 Å². The third kappa shape index (κ3) is 4.57. The number of fused-ring (bicyclic) bond motifs is 1. The van der Waals surface area contributed by atoms with Crippen LogP contribution >= 0.6 is 0 Å². The highest BCUT2D eigenvalue weighted by Crippen LogP contribution is 2.30. The predicted molar refractivity (Wildman–Crippen MR) is 116 cm³/mol. The van der Waals surface area contributed by atoms with Gasteiger partial charge in [-0.15, -0.1) is 0 Å². The minimum atomic E-state index is -0.213. The number of pyridine rings is 1. The molecule has 1 atom stereocenters. The quantitative estimate of drug-likeness (QED) is 0.383. The van der Waals surface area contributed by atoms with E-state index < -0.39 is 0 Å². The van der Waals surface area contributed by atoms with Gasteiger partial charge in [0, 0.05) is 36.7 Å². The van der Waals surface area contributed by atoms with Crippen LogP contribution in [0.25, 0.3) is 11.0 Å². The second-order valence-electron chi connectivity index (χ2n) is 7.03. The molecule has 2 aromatic heterocycles. The maximum Gasteiger partial charge on any atom is 0.319 e. The van der Waals surface area contributed by atoms with Crippen molar-refractivity contribution in [3.05, 3.63) is 36.5 Å². The summed E-state index contributed by atoms with van der Waals surface area (Å²) in [5.74, 6) is 0.804. The molecule has 9 nitrogen and oxygen atoms in total. The molecule has 6 N–H and O–H groups in total. The first-order valence-electron chi connectivity index (χ1n) is 9.95. The van der Waals surface area contributed by atoms with Crippen molar-refractivity contribution >= 4 is 39.9 Å². The highest BCUT2D eigenvalue weighted by molar-refractivity contribution is 5.99. The number of H-pyrrole nitrogens is 1. The van der Waals surface area contributed by atoms with E-state index in [0.29, 0.717) is 12.6 Å².